The van der Waals surface area contributed by atoms with Crippen molar-refractivity contribution < 1.29 is 4.79 Å². The maximum absolute atomic E-state index is 11.5. The van der Waals surface area contributed by atoms with Gasteiger partial charge in [0.05, 0.1) is 6.04 Å². The van der Waals surface area contributed by atoms with Gasteiger partial charge in [-0.3, -0.25) is 4.79 Å². The Hall–Kier alpha value is -1.02. The minimum absolute atomic E-state index is 0.00130. The highest BCUT2D eigenvalue weighted by Crippen LogP contribution is 2.17. The van der Waals surface area contributed by atoms with Gasteiger partial charge in [0.2, 0.25) is 5.91 Å². The Bertz CT molecular complexity index is 349. The lowest BCUT2D eigenvalue weighted by Crippen LogP contribution is -2.30. The summed E-state index contributed by atoms with van der Waals surface area (Å²) < 4.78 is 0. The Morgan fingerprint density at radius 2 is 2.00 bits per heavy atom. The van der Waals surface area contributed by atoms with Crippen molar-refractivity contribution in [1.29, 1.82) is 0 Å². The second-order valence-corrected chi connectivity index (χ2v) is 4.38. The van der Waals surface area contributed by atoms with Crippen molar-refractivity contribution in [2.45, 2.75) is 26.8 Å². The van der Waals surface area contributed by atoms with Crippen molar-refractivity contribution in [3.63, 3.8) is 0 Å². The minimum atomic E-state index is -0.00130. The summed E-state index contributed by atoms with van der Waals surface area (Å²) in [6.07, 6.45) is 0. The molecule has 3 heteroatoms. The number of hydrogen-bond donors (Lipinski definition) is 1. The molecule has 0 aliphatic carbocycles. The fraction of sp³-hybridized carbons (Fsp3) is 0.417. The van der Waals surface area contributed by atoms with E-state index in [1.807, 2.05) is 45.0 Å². The topological polar surface area (TPSA) is 29.1 Å². The van der Waals surface area contributed by atoms with Crippen LogP contribution in [0, 0.1) is 5.92 Å². The third-order valence-electron chi connectivity index (χ3n) is 2.23. The van der Waals surface area contributed by atoms with Crippen LogP contribution < -0.4 is 5.32 Å². The van der Waals surface area contributed by atoms with Crippen LogP contribution in [-0.2, 0) is 4.79 Å². The summed E-state index contributed by atoms with van der Waals surface area (Å²) in [7, 11) is 0. The summed E-state index contributed by atoms with van der Waals surface area (Å²) in [5, 5.41) is 3.62. The van der Waals surface area contributed by atoms with Crippen LogP contribution in [0.5, 0.6) is 0 Å². The second kappa shape index (κ2) is 5.17. The quantitative estimate of drug-likeness (QED) is 0.841. The zero-order valence-corrected chi connectivity index (χ0v) is 10.0. The Kier molecular flexibility index (Phi) is 4.15. The molecular weight excluding hydrogens is 210 g/mol. The molecule has 0 saturated carbocycles. The molecular formula is C12H16ClNO. The van der Waals surface area contributed by atoms with Crippen molar-refractivity contribution in [3.8, 4) is 0 Å². The smallest absolute Gasteiger partial charge is 0.223 e. The zero-order valence-electron chi connectivity index (χ0n) is 9.25. The van der Waals surface area contributed by atoms with E-state index in [0.29, 0.717) is 5.02 Å². The molecule has 2 nitrogen and oxygen atoms in total. The van der Waals surface area contributed by atoms with Gasteiger partial charge in [0.25, 0.3) is 0 Å². The average Bonchev–Trinajstić information content (AvgIpc) is 2.17. The van der Waals surface area contributed by atoms with Gasteiger partial charge in [-0.1, -0.05) is 37.6 Å². The van der Waals surface area contributed by atoms with Gasteiger partial charge in [-0.25, -0.2) is 0 Å². The Balaban J connectivity index is 2.69. The SMILES string of the molecule is CC(C)C(=O)N[C@@H](C)c1cccc(Cl)c1. The predicted molar refractivity (Wildman–Crippen MR) is 62.8 cm³/mol. The summed E-state index contributed by atoms with van der Waals surface area (Å²) in [4.78, 5) is 11.5. The molecule has 0 bridgehead atoms. The molecule has 1 aromatic carbocycles. The van der Waals surface area contributed by atoms with Crippen molar-refractivity contribution in [3.05, 3.63) is 34.9 Å². The van der Waals surface area contributed by atoms with Crippen LogP contribution in [0.25, 0.3) is 0 Å². The maximum atomic E-state index is 11.5. The molecule has 82 valence electrons. The summed E-state index contributed by atoms with van der Waals surface area (Å²) >= 11 is 5.88. The van der Waals surface area contributed by atoms with E-state index in [0.717, 1.165) is 5.56 Å². The van der Waals surface area contributed by atoms with Gasteiger partial charge in [-0.2, -0.15) is 0 Å². The molecule has 1 aromatic rings. The number of nitrogens with one attached hydrogen (secondary N) is 1. The monoisotopic (exact) mass is 225 g/mol. The highest BCUT2D eigenvalue weighted by atomic mass is 35.5. The van der Waals surface area contributed by atoms with Gasteiger partial charge in [0, 0.05) is 10.9 Å². The van der Waals surface area contributed by atoms with Gasteiger partial charge in [-0.05, 0) is 24.6 Å². The minimum Gasteiger partial charge on any atom is -0.349 e. The van der Waals surface area contributed by atoms with E-state index in [9.17, 15) is 4.79 Å². The maximum Gasteiger partial charge on any atom is 0.223 e. The Morgan fingerprint density at radius 3 is 2.53 bits per heavy atom. The molecule has 0 unspecified atom stereocenters. The van der Waals surface area contributed by atoms with E-state index in [4.69, 9.17) is 11.6 Å². The first-order chi connectivity index (χ1) is 7.00. The molecule has 1 rings (SSSR count). The largest absolute Gasteiger partial charge is 0.349 e. The molecule has 0 radical (unpaired) electrons. The first-order valence-electron chi connectivity index (χ1n) is 5.06. The summed E-state index contributed by atoms with van der Waals surface area (Å²) in [5.41, 5.74) is 1.02. The van der Waals surface area contributed by atoms with Crippen LogP contribution in [-0.4, -0.2) is 5.91 Å². The molecule has 0 spiro atoms. The lowest BCUT2D eigenvalue weighted by molar-refractivity contribution is -0.124. The van der Waals surface area contributed by atoms with Gasteiger partial charge in [0.15, 0.2) is 0 Å². The number of rotatable bonds is 3. The molecule has 0 fully saturated rings. The number of amides is 1. The third-order valence-corrected chi connectivity index (χ3v) is 2.47. The molecule has 15 heavy (non-hydrogen) atoms. The predicted octanol–water partition coefficient (Wildman–Crippen LogP) is 3.17. The molecule has 0 aliphatic rings. The van der Waals surface area contributed by atoms with E-state index in [-0.39, 0.29) is 17.9 Å². The number of hydrogen-bond acceptors (Lipinski definition) is 1. The van der Waals surface area contributed by atoms with Crippen molar-refractivity contribution in [2.75, 3.05) is 0 Å². The Labute approximate surface area is 95.6 Å². The highest BCUT2D eigenvalue weighted by Gasteiger charge is 2.12. The highest BCUT2D eigenvalue weighted by molar-refractivity contribution is 6.30. The number of carbonyl (C=O) groups is 1. The number of halogens is 1. The van der Waals surface area contributed by atoms with E-state index in [1.165, 1.54) is 0 Å². The fourth-order valence-electron chi connectivity index (χ4n) is 1.24. The van der Waals surface area contributed by atoms with Gasteiger partial charge in [-0.15, -0.1) is 0 Å². The molecule has 0 saturated heterocycles. The molecule has 1 N–H and O–H groups in total. The molecule has 0 aliphatic heterocycles. The summed E-state index contributed by atoms with van der Waals surface area (Å²) in [6, 6.07) is 7.53. The van der Waals surface area contributed by atoms with Crippen LogP contribution in [0.4, 0.5) is 0 Å². The van der Waals surface area contributed by atoms with Crippen molar-refractivity contribution in [1.82, 2.24) is 5.32 Å². The van der Waals surface area contributed by atoms with Crippen LogP contribution >= 0.6 is 11.6 Å². The zero-order chi connectivity index (χ0) is 11.4. The lowest BCUT2D eigenvalue weighted by Gasteiger charge is -2.16. The normalized spacial score (nSPS) is 12.6. The molecule has 0 heterocycles. The fourth-order valence-corrected chi connectivity index (χ4v) is 1.44. The number of benzene rings is 1. The van der Waals surface area contributed by atoms with Gasteiger partial charge in [0.1, 0.15) is 0 Å². The first-order valence-corrected chi connectivity index (χ1v) is 5.44. The van der Waals surface area contributed by atoms with Gasteiger partial charge < -0.3 is 5.32 Å². The van der Waals surface area contributed by atoms with Gasteiger partial charge >= 0.3 is 0 Å². The van der Waals surface area contributed by atoms with Crippen molar-refractivity contribution in [2.24, 2.45) is 5.92 Å². The molecule has 0 aromatic heterocycles. The molecule has 1 amide bonds. The number of carbonyl (C=O) groups excluding carboxylic acids is 1. The lowest BCUT2D eigenvalue weighted by atomic mass is 10.1. The summed E-state index contributed by atoms with van der Waals surface area (Å²) in [5.74, 6) is 0.0640. The van der Waals surface area contributed by atoms with E-state index >= 15 is 0 Å². The van der Waals surface area contributed by atoms with E-state index in [1.54, 1.807) is 0 Å². The Morgan fingerprint density at radius 1 is 1.33 bits per heavy atom. The first kappa shape index (κ1) is 12.1. The van der Waals surface area contributed by atoms with Crippen LogP contribution in [0.2, 0.25) is 5.02 Å². The van der Waals surface area contributed by atoms with E-state index < -0.39 is 0 Å². The van der Waals surface area contributed by atoms with Crippen molar-refractivity contribution >= 4 is 17.5 Å². The average molecular weight is 226 g/mol. The van der Waals surface area contributed by atoms with E-state index in [2.05, 4.69) is 5.32 Å². The molecule has 1 atom stereocenters. The summed E-state index contributed by atoms with van der Waals surface area (Å²) in [6.45, 7) is 5.70. The van der Waals surface area contributed by atoms with Crippen LogP contribution in [0.15, 0.2) is 24.3 Å². The van der Waals surface area contributed by atoms with Crippen LogP contribution in [0.1, 0.15) is 32.4 Å². The van der Waals surface area contributed by atoms with Crippen LogP contribution in [0.3, 0.4) is 0 Å². The second-order valence-electron chi connectivity index (χ2n) is 3.94. The third kappa shape index (κ3) is 3.56. The standard InChI is InChI=1S/C12H16ClNO/c1-8(2)12(15)14-9(3)10-5-4-6-11(13)7-10/h4-9H,1-3H3,(H,14,15)/t9-/m0/s1.